The Hall–Kier alpha value is -3.59. The molecular formula is C23H22FN5O2S. The van der Waals surface area contributed by atoms with Crippen LogP contribution < -0.4 is 5.32 Å². The van der Waals surface area contributed by atoms with E-state index >= 15 is 0 Å². The van der Waals surface area contributed by atoms with Gasteiger partial charge in [0.1, 0.15) is 17.1 Å². The van der Waals surface area contributed by atoms with Crippen molar-refractivity contribution in [2.75, 3.05) is 5.32 Å². The number of halogens is 1. The van der Waals surface area contributed by atoms with Gasteiger partial charge in [0.05, 0.1) is 5.69 Å². The minimum Gasteiger partial charge on any atom is -0.447 e. The number of nitrogens with one attached hydrogen (secondary N) is 1. The van der Waals surface area contributed by atoms with E-state index in [1.165, 1.54) is 30.0 Å². The van der Waals surface area contributed by atoms with Gasteiger partial charge in [-0.25, -0.2) is 15.0 Å². The predicted octanol–water partition coefficient (Wildman–Crippen LogP) is 5.24. The lowest BCUT2D eigenvalue weighted by Gasteiger charge is -2.14. The molecule has 0 aliphatic rings. The lowest BCUT2D eigenvalue weighted by atomic mass is 9.92. The third-order valence-electron chi connectivity index (χ3n) is 4.64. The quantitative estimate of drug-likeness (QED) is 0.406. The summed E-state index contributed by atoms with van der Waals surface area (Å²) in [7, 11) is 0. The molecule has 0 bridgehead atoms. The number of rotatable bonds is 6. The Labute approximate surface area is 188 Å². The summed E-state index contributed by atoms with van der Waals surface area (Å²) in [5.74, 6) is -0.0439. The number of amides is 1. The number of hydrogen-bond acceptors (Lipinski definition) is 6. The maximum Gasteiger partial charge on any atom is 0.274 e. The molecule has 4 heterocycles. The molecule has 4 rings (SSSR count). The van der Waals surface area contributed by atoms with Crippen molar-refractivity contribution in [3.63, 3.8) is 0 Å². The van der Waals surface area contributed by atoms with Gasteiger partial charge in [-0.3, -0.25) is 10.1 Å². The summed E-state index contributed by atoms with van der Waals surface area (Å²) < 4.78 is 20.6. The zero-order valence-electron chi connectivity index (χ0n) is 17.9. The largest absolute Gasteiger partial charge is 0.447 e. The molecule has 0 spiro atoms. The molecule has 32 heavy (non-hydrogen) atoms. The van der Waals surface area contributed by atoms with E-state index in [1.807, 2.05) is 17.5 Å². The number of pyridine rings is 1. The first-order valence-electron chi connectivity index (χ1n) is 9.94. The maximum absolute atomic E-state index is 13.4. The third kappa shape index (κ3) is 5.00. The van der Waals surface area contributed by atoms with Crippen molar-refractivity contribution in [1.82, 2.24) is 19.5 Å². The van der Waals surface area contributed by atoms with Gasteiger partial charge in [-0.2, -0.15) is 4.39 Å². The summed E-state index contributed by atoms with van der Waals surface area (Å²) in [5.41, 5.74) is 2.46. The normalized spacial score (nSPS) is 11.9. The molecule has 4 aromatic heterocycles. The number of nitrogens with zero attached hydrogens (tertiary/aromatic N) is 4. The van der Waals surface area contributed by atoms with Crippen LogP contribution in [0.2, 0.25) is 0 Å². The Morgan fingerprint density at radius 2 is 2.12 bits per heavy atom. The second-order valence-electron chi connectivity index (χ2n) is 8.19. The zero-order chi connectivity index (χ0) is 22.7. The predicted molar refractivity (Wildman–Crippen MR) is 122 cm³/mol. The summed E-state index contributed by atoms with van der Waals surface area (Å²) in [6, 6.07) is 6.54. The van der Waals surface area contributed by atoms with E-state index in [-0.39, 0.29) is 11.3 Å². The topological polar surface area (TPSA) is 85.8 Å². The molecule has 0 saturated heterocycles. The first-order chi connectivity index (χ1) is 15.3. The van der Waals surface area contributed by atoms with Crippen molar-refractivity contribution in [2.45, 2.75) is 32.7 Å². The molecule has 4 aromatic rings. The Morgan fingerprint density at radius 3 is 2.91 bits per heavy atom. The fourth-order valence-corrected chi connectivity index (χ4v) is 3.85. The fraction of sp³-hybridized carbons (Fsp3) is 0.217. The van der Waals surface area contributed by atoms with E-state index in [9.17, 15) is 9.18 Å². The number of hydrogen-bond donors (Lipinski definition) is 1. The molecule has 0 aliphatic heterocycles. The van der Waals surface area contributed by atoms with E-state index in [2.05, 4.69) is 41.0 Å². The number of thiazole rings is 1. The first kappa shape index (κ1) is 21.6. The lowest BCUT2D eigenvalue weighted by Crippen LogP contribution is -2.17. The molecule has 0 aromatic carbocycles. The van der Waals surface area contributed by atoms with Gasteiger partial charge in [0.25, 0.3) is 5.91 Å². The summed E-state index contributed by atoms with van der Waals surface area (Å²) in [6.07, 6.45) is 8.29. The number of aromatic nitrogens is 4. The van der Waals surface area contributed by atoms with Crippen LogP contribution in [0.15, 0.2) is 52.9 Å². The Bertz CT molecular complexity index is 1270. The van der Waals surface area contributed by atoms with Gasteiger partial charge in [-0.15, -0.1) is 11.3 Å². The van der Waals surface area contributed by atoms with Crippen molar-refractivity contribution < 1.29 is 13.6 Å². The number of carbonyl (C=O) groups excluding carboxylic acids is 1. The highest BCUT2D eigenvalue weighted by Gasteiger charge is 2.21. The van der Waals surface area contributed by atoms with Crippen LogP contribution in [0.5, 0.6) is 0 Å². The summed E-state index contributed by atoms with van der Waals surface area (Å²) in [5, 5.41) is 5.15. The van der Waals surface area contributed by atoms with Gasteiger partial charge in [0.2, 0.25) is 5.95 Å². The van der Waals surface area contributed by atoms with Crippen molar-refractivity contribution in [3.05, 3.63) is 82.8 Å². The van der Waals surface area contributed by atoms with E-state index < -0.39 is 5.95 Å². The van der Waals surface area contributed by atoms with Crippen molar-refractivity contribution in [1.29, 1.82) is 0 Å². The average molecular weight is 452 g/mol. The van der Waals surface area contributed by atoms with Crippen LogP contribution in [0.25, 0.3) is 12.2 Å². The molecule has 7 nitrogen and oxygen atoms in total. The second kappa shape index (κ2) is 8.88. The summed E-state index contributed by atoms with van der Waals surface area (Å²) in [4.78, 5) is 25.0. The molecule has 1 N–H and O–H groups in total. The molecule has 0 fully saturated rings. The molecule has 0 atom stereocenters. The van der Waals surface area contributed by atoms with Crippen molar-refractivity contribution >= 4 is 34.5 Å². The Morgan fingerprint density at radius 1 is 1.28 bits per heavy atom. The summed E-state index contributed by atoms with van der Waals surface area (Å²) >= 11 is 1.33. The van der Waals surface area contributed by atoms with Crippen molar-refractivity contribution in [3.8, 4) is 0 Å². The minimum absolute atomic E-state index is 0.158. The molecule has 0 aliphatic carbocycles. The van der Waals surface area contributed by atoms with E-state index in [0.29, 0.717) is 28.6 Å². The number of carbonyl (C=O) groups is 1. The van der Waals surface area contributed by atoms with Crippen LogP contribution in [-0.4, -0.2) is 25.4 Å². The minimum atomic E-state index is -0.552. The van der Waals surface area contributed by atoms with Crippen molar-refractivity contribution in [2.24, 2.45) is 0 Å². The van der Waals surface area contributed by atoms with Crippen LogP contribution in [0, 0.1) is 5.95 Å². The molecule has 1 amide bonds. The average Bonchev–Trinajstić information content (AvgIpc) is 3.46. The van der Waals surface area contributed by atoms with Gasteiger partial charge in [0.15, 0.2) is 11.5 Å². The Kier molecular flexibility index (Phi) is 6.00. The molecular weight excluding hydrogens is 429 g/mol. The number of oxazole rings is 1. The smallest absolute Gasteiger partial charge is 0.274 e. The van der Waals surface area contributed by atoms with E-state index in [4.69, 9.17) is 4.42 Å². The van der Waals surface area contributed by atoms with Crippen LogP contribution in [0.4, 0.5) is 9.52 Å². The standard InChI is InChI=1S/C23H22FN5O2S/c1-23(2,3)20-17(26-14-31-20)7-6-16-13-32-22(27-16)28-21(30)18-5-4-10-29(18)12-15-8-9-25-19(24)11-15/h4-11,13-14H,12H2,1-3H3,(H,27,28,30)/b7-6+. The monoisotopic (exact) mass is 451 g/mol. The lowest BCUT2D eigenvalue weighted by molar-refractivity contribution is 0.101. The number of anilines is 1. The van der Waals surface area contributed by atoms with E-state index in [0.717, 1.165) is 11.5 Å². The highest BCUT2D eigenvalue weighted by atomic mass is 32.1. The van der Waals surface area contributed by atoms with E-state index in [1.54, 1.807) is 29.0 Å². The third-order valence-corrected chi connectivity index (χ3v) is 5.41. The SMILES string of the molecule is CC(C)(C)c1ocnc1/C=C/c1csc(NC(=O)c2cccn2Cc2ccnc(F)c2)n1. The second-order valence-corrected chi connectivity index (χ2v) is 9.05. The molecule has 0 radical (unpaired) electrons. The fourth-order valence-electron chi connectivity index (χ4n) is 3.18. The Balaban J connectivity index is 1.44. The van der Waals surface area contributed by atoms with Crippen LogP contribution in [-0.2, 0) is 12.0 Å². The zero-order valence-corrected chi connectivity index (χ0v) is 18.7. The van der Waals surface area contributed by atoms with Crippen LogP contribution in [0.1, 0.15) is 54.0 Å². The first-order valence-corrected chi connectivity index (χ1v) is 10.8. The molecule has 164 valence electrons. The van der Waals surface area contributed by atoms with Crippen LogP contribution >= 0.6 is 11.3 Å². The maximum atomic E-state index is 13.4. The molecule has 0 saturated carbocycles. The highest BCUT2D eigenvalue weighted by Crippen LogP contribution is 2.27. The molecule has 9 heteroatoms. The van der Waals surface area contributed by atoms with Gasteiger partial charge < -0.3 is 8.98 Å². The molecule has 0 unspecified atom stereocenters. The van der Waals surface area contributed by atoms with Gasteiger partial charge in [-0.1, -0.05) is 20.8 Å². The van der Waals surface area contributed by atoms with Gasteiger partial charge >= 0.3 is 0 Å². The van der Waals surface area contributed by atoms with Crippen LogP contribution in [0.3, 0.4) is 0 Å². The highest BCUT2D eigenvalue weighted by molar-refractivity contribution is 7.14. The summed E-state index contributed by atoms with van der Waals surface area (Å²) in [6.45, 7) is 6.53. The van der Waals surface area contributed by atoms with Gasteiger partial charge in [0, 0.05) is 29.7 Å². The van der Waals surface area contributed by atoms with Gasteiger partial charge in [-0.05, 0) is 42.0 Å².